The number of rotatable bonds is 3. The molecule has 1 aliphatic heterocycles. The van der Waals surface area contributed by atoms with Crippen molar-refractivity contribution in [1.29, 1.82) is 0 Å². The van der Waals surface area contributed by atoms with E-state index in [9.17, 15) is 9.59 Å². The van der Waals surface area contributed by atoms with Gasteiger partial charge in [0.15, 0.2) is 5.11 Å². The Morgan fingerprint density at radius 1 is 1.00 bits per heavy atom. The van der Waals surface area contributed by atoms with Crippen molar-refractivity contribution in [2.24, 2.45) is 0 Å². The lowest BCUT2D eigenvalue weighted by Gasteiger charge is -2.16. The maximum absolute atomic E-state index is 12.2. The number of carbonyl (C=O) groups excluding carboxylic acids is 2. The van der Waals surface area contributed by atoms with Crippen molar-refractivity contribution < 1.29 is 9.59 Å². The number of hydrogen-bond donors (Lipinski definition) is 2. The second-order valence-corrected chi connectivity index (χ2v) is 6.16. The summed E-state index contributed by atoms with van der Waals surface area (Å²) in [5, 5.41) is 9.48. The molecule has 0 spiro atoms. The van der Waals surface area contributed by atoms with Gasteiger partial charge in [0.25, 0.3) is 11.8 Å². The normalized spacial score (nSPS) is 13.9. The van der Waals surface area contributed by atoms with Gasteiger partial charge < -0.3 is 0 Å². The Labute approximate surface area is 159 Å². The van der Waals surface area contributed by atoms with Gasteiger partial charge in [-0.25, -0.2) is 4.68 Å². The number of pyridine rings is 1. The molecule has 1 aromatic carbocycles. The predicted octanol–water partition coefficient (Wildman–Crippen LogP) is 1.85. The molecule has 132 valence electrons. The molecule has 1 fully saturated rings. The van der Waals surface area contributed by atoms with Crippen LogP contribution in [0.5, 0.6) is 0 Å². The van der Waals surface area contributed by atoms with Gasteiger partial charge in [-0.05, 0) is 42.6 Å². The van der Waals surface area contributed by atoms with E-state index in [1.54, 1.807) is 29.3 Å². The fourth-order valence-electron chi connectivity index (χ4n) is 2.69. The molecule has 0 unspecified atom stereocenters. The Kier molecular flexibility index (Phi) is 4.31. The molecule has 0 aliphatic carbocycles. The lowest BCUT2D eigenvalue weighted by Crippen LogP contribution is -2.51. The van der Waals surface area contributed by atoms with Crippen LogP contribution in [0.1, 0.15) is 5.56 Å². The van der Waals surface area contributed by atoms with Gasteiger partial charge >= 0.3 is 0 Å². The number of nitrogens with zero attached hydrogens (tertiary/aromatic N) is 3. The first kappa shape index (κ1) is 16.8. The van der Waals surface area contributed by atoms with E-state index in [4.69, 9.17) is 12.2 Å². The topological polar surface area (TPSA) is 88.9 Å². The summed E-state index contributed by atoms with van der Waals surface area (Å²) < 4.78 is 1.69. The largest absolute Gasteiger partial charge is 0.299 e. The molecule has 0 radical (unpaired) electrons. The van der Waals surface area contributed by atoms with Crippen LogP contribution < -0.4 is 10.6 Å². The van der Waals surface area contributed by atoms with Gasteiger partial charge in [0.2, 0.25) is 0 Å². The van der Waals surface area contributed by atoms with Gasteiger partial charge in [0, 0.05) is 29.7 Å². The maximum atomic E-state index is 12.2. The van der Waals surface area contributed by atoms with Crippen molar-refractivity contribution in [1.82, 2.24) is 25.4 Å². The molecule has 1 aliphatic rings. The summed E-state index contributed by atoms with van der Waals surface area (Å²) in [6.45, 7) is 0. The minimum absolute atomic E-state index is 0.00499. The molecule has 0 saturated carbocycles. The Hall–Kier alpha value is -3.65. The molecule has 27 heavy (non-hydrogen) atoms. The number of carbonyl (C=O) groups is 2. The van der Waals surface area contributed by atoms with Gasteiger partial charge in [0.05, 0.1) is 5.69 Å². The quantitative estimate of drug-likeness (QED) is 0.414. The monoisotopic (exact) mass is 375 g/mol. The summed E-state index contributed by atoms with van der Waals surface area (Å²) in [6, 6.07) is 13.2. The molecule has 1 saturated heterocycles. The van der Waals surface area contributed by atoms with E-state index in [0.717, 1.165) is 11.3 Å². The van der Waals surface area contributed by atoms with Gasteiger partial charge in [-0.3, -0.25) is 25.2 Å². The van der Waals surface area contributed by atoms with E-state index < -0.39 is 11.8 Å². The SMILES string of the molecule is O=C1NC(=S)NC(=O)C1=Cc1cn(-c2ccccc2)nc1-c1cccnc1. The molecule has 7 nitrogen and oxygen atoms in total. The van der Waals surface area contributed by atoms with Gasteiger partial charge in [-0.2, -0.15) is 5.10 Å². The Morgan fingerprint density at radius 3 is 2.41 bits per heavy atom. The van der Waals surface area contributed by atoms with Crippen LogP contribution in [0.3, 0.4) is 0 Å². The molecule has 3 aromatic rings. The van der Waals surface area contributed by atoms with Crippen LogP contribution in [0.15, 0.2) is 66.6 Å². The van der Waals surface area contributed by atoms with Crippen molar-refractivity contribution in [2.45, 2.75) is 0 Å². The van der Waals surface area contributed by atoms with Crippen LogP contribution in [0.2, 0.25) is 0 Å². The van der Waals surface area contributed by atoms with Crippen molar-refractivity contribution in [3.8, 4) is 16.9 Å². The van der Waals surface area contributed by atoms with Crippen LogP contribution in [-0.2, 0) is 9.59 Å². The molecule has 2 amide bonds. The highest BCUT2D eigenvalue weighted by molar-refractivity contribution is 7.80. The zero-order valence-electron chi connectivity index (χ0n) is 13.9. The first-order chi connectivity index (χ1) is 13.1. The molecule has 0 bridgehead atoms. The minimum Gasteiger partial charge on any atom is -0.299 e. The summed E-state index contributed by atoms with van der Waals surface area (Å²) in [6.07, 6.45) is 6.61. The van der Waals surface area contributed by atoms with Gasteiger partial charge in [0.1, 0.15) is 11.3 Å². The first-order valence-corrected chi connectivity index (χ1v) is 8.46. The molecule has 0 atom stereocenters. The fraction of sp³-hybridized carbons (Fsp3) is 0. The van der Waals surface area contributed by atoms with E-state index in [-0.39, 0.29) is 10.7 Å². The van der Waals surface area contributed by atoms with Crippen LogP contribution >= 0.6 is 12.2 Å². The molecule has 8 heteroatoms. The zero-order valence-corrected chi connectivity index (χ0v) is 14.7. The van der Waals surface area contributed by atoms with Gasteiger partial charge in [-0.15, -0.1) is 0 Å². The smallest absolute Gasteiger partial charge is 0.263 e. The van der Waals surface area contributed by atoms with Crippen molar-refractivity contribution in [2.75, 3.05) is 0 Å². The fourth-order valence-corrected chi connectivity index (χ4v) is 2.88. The van der Waals surface area contributed by atoms with E-state index in [0.29, 0.717) is 11.3 Å². The van der Waals surface area contributed by atoms with E-state index in [1.165, 1.54) is 6.08 Å². The molecule has 2 N–H and O–H groups in total. The summed E-state index contributed by atoms with van der Waals surface area (Å²) in [4.78, 5) is 28.5. The Balaban J connectivity index is 1.85. The second kappa shape index (κ2) is 6.93. The number of para-hydroxylation sites is 1. The third-order valence-corrected chi connectivity index (χ3v) is 4.15. The summed E-state index contributed by atoms with van der Waals surface area (Å²) >= 11 is 4.83. The standard InChI is InChI=1S/C19H13N5O2S/c25-17-15(18(26)22-19(27)21-17)9-13-11-24(14-6-2-1-3-7-14)23-16(13)12-5-4-8-20-10-12/h1-11H,(H2,21,22,25,26,27). The van der Waals surface area contributed by atoms with E-state index in [2.05, 4.69) is 20.7 Å². The van der Waals surface area contributed by atoms with Crippen LogP contribution in [0.4, 0.5) is 0 Å². The molecule has 3 heterocycles. The number of thiocarbonyl (C=S) groups is 1. The molecule has 4 rings (SSSR count). The second-order valence-electron chi connectivity index (χ2n) is 5.75. The number of hydrogen-bond acceptors (Lipinski definition) is 5. The average molecular weight is 375 g/mol. The van der Waals surface area contributed by atoms with Crippen LogP contribution in [0, 0.1) is 0 Å². The van der Waals surface area contributed by atoms with Gasteiger partial charge in [-0.1, -0.05) is 18.2 Å². The third-order valence-electron chi connectivity index (χ3n) is 3.94. The highest BCUT2D eigenvalue weighted by Gasteiger charge is 2.26. The maximum Gasteiger partial charge on any atom is 0.263 e. The van der Waals surface area contributed by atoms with Crippen molar-refractivity contribution in [3.05, 3.63) is 72.2 Å². The summed E-state index contributed by atoms with van der Waals surface area (Å²) in [7, 11) is 0. The van der Waals surface area contributed by atoms with Crippen LogP contribution in [-0.4, -0.2) is 31.7 Å². The predicted molar refractivity (Wildman–Crippen MR) is 104 cm³/mol. The lowest BCUT2D eigenvalue weighted by atomic mass is 10.1. The Morgan fingerprint density at radius 2 is 1.74 bits per heavy atom. The Bertz CT molecular complexity index is 1050. The summed E-state index contributed by atoms with van der Waals surface area (Å²) in [5.41, 5.74) is 2.80. The minimum atomic E-state index is -0.548. The first-order valence-electron chi connectivity index (χ1n) is 8.05. The highest BCUT2D eigenvalue weighted by Crippen LogP contribution is 2.25. The number of benzene rings is 1. The van der Waals surface area contributed by atoms with Crippen molar-refractivity contribution >= 4 is 35.2 Å². The summed E-state index contributed by atoms with van der Waals surface area (Å²) in [5.74, 6) is -1.10. The third kappa shape index (κ3) is 3.38. The van der Waals surface area contributed by atoms with Crippen molar-refractivity contribution in [3.63, 3.8) is 0 Å². The van der Waals surface area contributed by atoms with E-state index >= 15 is 0 Å². The highest BCUT2D eigenvalue weighted by atomic mass is 32.1. The number of amides is 2. The zero-order chi connectivity index (χ0) is 18.8. The lowest BCUT2D eigenvalue weighted by molar-refractivity contribution is -0.123. The average Bonchev–Trinajstić information content (AvgIpc) is 3.10. The number of nitrogens with one attached hydrogen (secondary N) is 2. The van der Waals surface area contributed by atoms with Crippen LogP contribution in [0.25, 0.3) is 23.0 Å². The number of aromatic nitrogens is 3. The molecule has 2 aromatic heterocycles. The van der Waals surface area contributed by atoms with E-state index in [1.807, 2.05) is 36.4 Å². The molecular formula is C19H13N5O2S. The molecular weight excluding hydrogens is 362 g/mol.